The molecule has 2 unspecified atom stereocenters. The van der Waals surface area contributed by atoms with Gasteiger partial charge < -0.3 is 20.5 Å². The van der Waals surface area contributed by atoms with E-state index in [-0.39, 0.29) is 18.7 Å². The van der Waals surface area contributed by atoms with Crippen LogP contribution in [0, 0.1) is 0 Å². The number of ether oxygens (including phenoxy) is 1. The Kier molecular flexibility index (Phi) is 5.39. The fourth-order valence-electron chi connectivity index (χ4n) is 2.65. The molecule has 1 aromatic carbocycles. The van der Waals surface area contributed by atoms with E-state index in [0.29, 0.717) is 12.6 Å². The molecule has 1 aromatic heterocycles. The fourth-order valence-corrected chi connectivity index (χ4v) is 2.65. The lowest BCUT2D eigenvalue weighted by atomic mass is 10.1. The van der Waals surface area contributed by atoms with Crippen LogP contribution in [0.4, 0.5) is 11.8 Å². The SMILES string of the molecule is OCC(Nc1nccc(NC2CCCOC2)n1)c1ccccc1. The van der Waals surface area contributed by atoms with Crippen LogP contribution in [-0.4, -0.2) is 40.9 Å². The third kappa shape index (κ3) is 4.40. The lowest BCUT2D eigenvalue weighted by molar-refractivity contribution is 0.0875. The number of aliphatic hydroxyl groups is 1. The Morgan fingerprint density at radius 2 is 2.13 bits per heavy atom. The standard InChI is InChI=1S/C17H22N4O2/c22-11-15(13-5-2-1-3-6-13)20-17-18-9-8-16(21-17)19-14-7-4-10-23-12-14/h1-3,5-6,8-9,14-15,22H,4,7,10-12H2,(H2,18,19,20,21). The molecule has 2 aromatic rings. The summed E-state index contributed by atoms with van der Waals surface area (Å²) >= 11 is 0. The van der Waals surface area contributed by atoms with Gasteiger partial charge in [0.05, 0.1) is 25.3 Å². The van der Waals surface area contributed by atoms with Gasteiger partial charge in [-0.15, -0.1) is 0 Å². The smallest absolute Gasteiger partial charge is 0.225 e. The summed E-state index contributed by atoms with van der Waals surface area (Å²) in [6.45, 7) is 1.52. The van der Waals surface area contributed by atoms with Gasteiger partial charge in [0.25, 0.3) is 0 Å². The largest absolute Gasteiger partial charge is 0.394 e. The molecule has 1 aliphatic heterocycles. The van der Waals surface area contributed by atoms with Gasteiger partial charge in [-0.2, -0.15) is 4.98 Å². The molecule has 122 valence electrons. The van der Waals surface area contributed by atoms with Crippen molar-refractivity contribution in [2.75, 3.05) is 30.5 Å². The molecular weight excluding hydrogens is 292 g/mol. The summed E-state index contributed by atoms with van der Waals surface area (Å²) in [5.41, 5.74) is 0.998. The second kappa shape index (κ2) is 7.89. The first kappa shape index (κ1) is 15.7. The third-order valence-electron chi connectivity index (χ3n) is 3.86. The topological polar surface area (TPSA) is 79.3 Å². The molecule has 3 rings (SSSR count). The molecule has 6 nitrogen and oxygen atoms in total. The Labute approximate surface area is 135 Å². The quantitative estimate of drug-likeness (QED) is 0.759. The molecule has 1 aliphatic rings. The van der Waals surface area contributed by atoms with E-state index in [9.17, 15) is 5.11 Å². The van der Waals surface area contributed by atoms with Crippen molar-refractivity contribution in [2.24, 2.45) is 0 Å². The predicted molar refractivity (Wildman–Crippen MR) is 89.4 cm³/mol. The number of nitrogens with one attached hydrogen (secondary N) is 2. The highest BCUT2D eigenvalue weighted by Crippen LogP contribution is 2.18. The maximum Gasteiger partial charge on any atom is 0.225 e. The van der Waals surface area contributed by atoms with Gasteiger partial charge >= 0.3 is 0 Å². The van der Waals surface area contributed by atoms with Gasteiger partial charge in [0.15, 0.2) is 0 Å². The van der Waals surface area contributed by atoms with Gasteiger partial charge in [0.1, 0.15) is 5.82 Å². The minimum atomic E-state index is -0.232. The van der Waals surface area contributed by atoms with E-state index in [2.05, 4.69) is 20.6 Å². The Balaban J connectivity index is 1.66. The molecular formula is C17H22N4O2. The Hall–Kier alpha value is -2.18. The van der Waals surface area contributed by atoms with Gasteiger partial charge in [-0.25, -0.2) is 4.98 Å². The molecule has 0 aliphatic carbocycles. The normalized spacial score (nSPS) is 19.1. The summed E-state index contributed by atoms with van der Waals surface area (Å²) in [6, 6.07) is 11.7. The summed E-state index contributed by atoms with van der Waals surface area (Å²) in [5, 5.41) is 16.2. The second-order valence-electron chi connectivity index (χ2n) is 5.61. The van der Waals surface area contributed by atoms with Gasteiger partial charge in [-0.1, -0.05) is 30.3 Å². The second-order valence-corrected chi connectivity index (χ2v) is 5.61. The van der Waals surface area contributed by atoms with Gasteiger partial charge in [0.2, 0.25) is 5.95 Å². The minimum absolute atomic E-state index is 0.0263. The van der Waals surface area contributed by atoms with Crippen molar-refractivity contribution in [1.29, 1.82) is 0 Å². The maximum absolute atomic E-state index is 9.62. The highest BCUT2D eigenvalue weighted by atomic mass is 16.5. The Morgan fingerprint density at radius 3 is 2.87 bits per heavy atom. The van der Waals surface area contributed by atoms with Crippen molar-refractivity contribution in [3.8, 4) is 0 Å². The number of rotatable bonds is 6. The zero-order valence-electron chi connectivity index (χ0n) is 13.0. The third-order valence-corrected chi connectivity index (χ3v) is 3.86. The first-order valence-electron chi connectivity index (χ1n) is 7.95. The van der Waals surface area contributed by atoms with Crippen molar-refractivity contribution in [2.45, 2.75) is 24.9 Å². The number of hydrogen-bond donors (Lipinski definition) is 3. The number of anilines is 2. The monoisotopic (exact) mass is 314 g/mol. The first-order chi connectivity index (χ1) is 11.3. The van der Waals surface area contributed by atoms with Crippen LogP contribution in [0.15, 0.2) is 42.6 Å². The predicted octanol–water partition coefficient (Wildman–Crippen LogP) is 2.21. The molecule has 0 radical (unpaired) electrons. The maximum atomic E-state index is 9.62. The average Bonchev–Trinajstić information content (AvgIpc) is 2.62. The Morgan fingerprint density at radius 1 is 1.26 bits per heavy atom. The van der Waals surface area contributed by atoms with E-state index in [1.54, 1.807) is 6.20 Å². The van der Waals surface area contributed by atoms with E-state index >= 15 is 0 Å². The Bertz CT molecular complexity index is 603. The molecule has 3 N–H and O–H groups in total. The average molecular weight is 314 g/mol. The lowest BCUT2D eigenvalue weighted by Gasteiger charge is -2.24. The number of benzene rings is 1. The van der Waals surface area contributed by atoms with E-state index in [4.69, 9.17) is 4.74 Å². The van der Waals surface area contributed by atoms with Crippen LogP contribution in [0.1, 0.15) is 24.4 Å². The van der Waals surface area contributed by atoms with Gasteiger partial charge in [0, 0.05) is 12.8 Å². The van der Waals surface area contributed by atoms with E-state index in [1.165, 1.54) is 0 Å². The van der Waals surface area contributed by atoms with E-state index < -0.39 is 0 Å². The molecule has 23 heavy (non-hydrogen) atoms. The highest BCUT2D eigenvalue weighted by Gasteiger charge is 2.15. The zero-order chi connectivity index (χ0) is 15.9. The molecule has 0 spiro atoms. The van der Waals surface area contributed by atoms with Gasteiger partial charge in [-0.3, -0.25) is 0 Å². The van der Waals surface area contributed by atoms with Gasteiger partial charge in [-0.05, 0) is 24.5 Å². The van der Waals surface area contributed by atoms with Crippen LogP contribution in [-0.2, 0) is 4.74 Å². The van der Waals surface area contributed by atoms with Crippen LogP contribution >= 0.6 is 0 Å². The van der Waals surface area contributed by atoms with Crippen LogP contribution in [0.25, 0.3) is 0 Å². The van der Waals surface area contributed by atoms with Crippen molar-refractivity contribution in [3.63, 3.8) is 0 Å². The molecule has 0 bridgehead atoms. The van der Waals surface area contributed by atoms with Crippen LogP contribution in [0.5, 0.6) is 0 Å². The van der Waals surface area contributed by atoms with Crippen molar-refractivity contribution in [3.05, 3.63) is 48.2 Å². The van der Waals surface area contributed by atoms with Crippen LogP contribution in [0.3, 0.4) is 0 Å². The summed E-state index contributed by atoms with van der Waals surface area (Å²) in [7, 11) is 0. The molecule has 2 heterocycles. The number of nitrogens with zero attached hydrogens (tertiary/aromatic N) is 2. The van der Waals surface area contributed by atoms with Crippen LogP contribution in [0.2, 0.25) is 0 Å². The molecule has 1 fully saturated rings. The molecule has 6 heteroatoms. The summed E-state index contributed by atoms with van der Waals surface area (Å²) in [4.78, 5) is 8.72. The highest BCUT2D eigenvalue weighted by molar-refractivity contribution is 5.42. The van der Waals surface area contributed by atoms with Crippen molar-refractivity contribution >= 4 is 11.8 Å². The van der Waals surface area contributed by atoms with Crippen molar-refractivity contribution < 1.29 is 9.84 Å². The molecule has 0 amide bonds. The zero-order valence-corrected chi connectivity index (χ0v) is 13.0. The van der Waals surface area contributed by atoms with Crippen LogP contribution < -0.4 is 10.6 Å². The molecule has 1 saturated heterocycles. The van der Waals surface area contributed by atoms with E-state index in [0.717, 1.165) is 30.8 Å². The van der Waals surface area contributed by atoms with E-state index in [1.807, 2.05) is 36.4 Å². The number of aromatic nitrogens is 2. The lowest BCUT2D eigenvalue weighted by Crippen LogP contribution is -2.30. The molecule has 2 atom stereocenters. The molecule has 0 saturated carbocycles. The summed E-state index contributed by atoms with van der Waals surface area (Å²) < 4.78 is 5.47. The minimum Gasteiger partial charge on any atom is -0.394 e. The summed E-state index contributed by atoms with van der Waals surface area (Å²) in [6.07, 6.45) is 3.85. The number of hydrogen-bond acceptors (Lipinski definition) is 6. The summed E-state index contributed by atoms with van der Waals surface area (Å²) in [5.74, 6) is 1.26. The first-order valence-corrected chi connectivity index (χ1v) is 7.95. The fraction of sp³-hybridized carbons (Fsp3) is 0.412. The number of aliphatic hydroxyl groups excluding tert-OH is 1. The van der Waals surface area contributed by atoms with Crippen molar-refractivity contribution in [1.82, 2.24) is 9.97 Å².